The van der Waals surface area contributed by atoms with Gasteiger partial charge in [-0.05, 0) is 31.7 Å². The van der Waals surface area contributed by atoms with Gasteiger partial charge in [-0.15, -0.1) is 0 Å². The number of nitrogens with two attached hydrogens (primary N) is 1. The van der Waals surface area contributed by atoms with E-state index >= 15 is 0 Å². The highest BCUT2D eigenvalue weighted by molar-refractivity contribution is 5.82. The fourth-order valence-corrected chi connectivity index (χ4v) is 2.46. The van der Waals surface area contributed by atoms with Crippen LogP contribution in [0.2, 0.25) is 0 Å². The van der Waals surface area contributed by atoms with Gasteiger partial charge in [0.1, 0.15) is 0 Å². The number of rotatable bonds is 6. The van der Waals surface area contributed by atoms with Crippen molar-refractivity contribution in [2.24, 2.45) is 17.1 Å². The third-order valence-corrected chi connectivity index (χ3v) is 4.20. The van der Waals surface area contributed by atoms with Gasteiger partial charge in [0, 0.05) is 18.5 Å². The van der Waals surface area contributed by atoms with Crippen molar-refractivity contribution in [1.82, 2.24) is 4.90 Å². The molecule has 0 aromatic carbocycles. The molecule has 0 amide bonds. The normalized spacial score (nSPS) is 26.2. The lowest BCUT2D eigenvalue weighted by molar-refractivity contribution is 0.0344. The van der Waals surface area contributed by atoms with E-state index in [0.29, 0.717) is 5.92 Å². The highest BCUT2D eigenvalue weighted by Gasteiger charge is 2.24. The minimum atomic E-state index is -0.161. The average Bonchev–Trinajstić information content (AvgIpc) is 2.29. The average molecular weight is 255 g/mol. The lowest BCUT2D eigenvalue weighted by Crippen LogP contribution is -2.42. The van der Waals surface area contributed by atoms with Crippen molar-refractivity contribution in [1.29, 1.82) is 5.41 Å². The number of hydrogen-bond acceptors (Lipinski definition) is 3. The molecule has 1 saturated heterocycles. The molecule has 1 fully saturated rings. The maximum Gasteiger partial charge on any atom is 0.0963 e. The molecule has 0 bridgehead atoms. The van der Waals surface area contributed by atoms with Gasteiger partial charge in [-0.25, -0.2) is 0 Å². The molecule has 1 aliphatic heterocycles. The van der Waals surface area contributed by atoms with E-state index in [4.69, 9.17) is 11.1 Å². The largest absolute Gasteiger partial charge is 0.393 e. The van der Waals surface area contributed by atoms with Gasteiger partial charge >= 0.3 is 0 Å². The molecule has 106 valence electrons. The van der Waals surface area contributed by atoms with Crippen molar-refractivity contribution >= 4 is 5.84 Å². The molecule has 0 saturated carbocycles. The molecule has 0 radical (unpaired) electrons. The Bertz CT molecular complexity index is 278. The number of likely N-dealkylation sites (tertiary alicyclic amines) is 1. The van der Waals surface area contributed by atoms with Gasteiger partial charge in [0.15, 0.2) is 0 Å². The molecule has 2 unspecified atom stereocenters. The second kappa shape index (κ2) is 6.53. The summed E-state index contributed by atoms with van der Waals surface area (Å²) in [7, 11) is 0. The SMILES string of the molecule is CC1CN(CCCCC(C)(C)C(=N)N)CCC1O. The van der Waals surface area contributed by atoms with Crippen molar-refractivity contribution in [2.75, 3.05) is 19.6 Å². The van der Waals surface area contributed by atoms with Crippen LogP contribution in [0.5, 0.6) is 0 Å². The van der Waals surface area contributed by atoms with Gasteiger partial charge < -0.3 is 15.7 Å². The van der Waals surface area contributed by atoms with Crippen molar-refractivity contribution in [3.63, 3.8) is 0 Å². The lowest BCUT2D eigenvalue weighted by Gasteiger charge is -2.34. The molecule has 0 aliphatic carbocycles. The maximum absolute atomic E-state index is 9.67. The Kier molecular flexibility index (Phi) is 5.60. The van der Waals surface area contributed by atoms with Crippen LogP contribution in [0, 0.1) is 16.7 Å². The second-order valence-electron chi connectivity index (χ2n) is 6.39. The van der Waals surface area contributed by atoms with Gasteiger partial charge in [0.25, 0.3) is 0 Å². The number of aliphatic hydroxyl groups is 1. The molecule has 0 aromatic rings. The van der Waals surface area contributed by atoms with E-state index in [9.17, 15) is 5.11 Å². The molecule has 0 spiro atoms. The quantitative estimate of drug-likeness (QED) is 0.385. The monoisotopic (exact) mass is 255 g/mol. The summed E-state index contributed by atoms with van der Waals surface area (Å²) in [5.74, 6) is 0.685. The minimum absolute atomic E-state index is 0.113. The van der Waals surface area contributed by atoms with E-state index in [2.05, 4.69) is 11.8 Å². The number of amidine groups is 1. The number of piperidine rings is 1. The Morgan fingerprint density at radius 2 is 2.11 bits per heavy atom. The molecular weight excluding hydrogens is 226 g/mol. The number of nitrogens with one attached hydrogen (secondary N) is 1. The van der Waals surface area contributed by atoms with E-state index in [1.54, 1.807) is 0 Å². The smallest absolute Gasteiger partial charge is 0.0963 e. The minimum Gasteiger partial charge on any atom is -0.393 e. The molecule has 1 heterocycles. The summed E-state index contributed by atoms with van der Waals surface area (Å²) in [6, 6.07) is 0. The molecule has 4 nitrogen and oxygen atoms in total. The number of nitrogens with zero attached hydrogens (tertiary/aromatic N) is 1. The summed E-state index contributed by atoms with van der Waals surface area (Å²) in [6.45, 7) is 9.32. The van der Waals surface area contributed by atoms with Gasteiger partial charge in [0.05, 0.1) is 11.9 Å². The zero-order valence-corrected chi connectivity index (χ0v) is 12.1. The Balaban J connectivity index is 2.17. The number of hydrogen-bond donors (Lipinski definition) is 3. The van der Waals surface area contributed by atoms with Crippen LogP contribution in [-0.4, -0.2) is 41.6 Å². The van der Waals surface area contributed by atoms with Crippen LogP contribution >= 0.6 is 0 Å². The van der Waals surface area contributed by atoms with Gasteiger partial charge in [-0.2, -0.15) is 0 Å². The predicted molar refractivity (Wildman–Crippen MR) is 75.8 cm³/mol. The Hall–Kier alpha value is -0.610. The number of unbranched alkanes of at least 4 members (excludes halogenated alkanes) is 1. The first-order valence-electron chi connectivity index (χ1n) is 7.08. The summed E-state index contributed by atoms with van der Waals surface area (Å²) in [6.07, 6.45) is 4.03. The van der Waals surface area contributed by atoms with Crippen LogP contribution in [0.25, 0.3) is 0 Å². The molecule has 1 rings (SSSR count). The molecule has 4 heteroatoms. The lowest BCUT2D eigenvalue weighted by atomic mass is 9.86. The molecule has 1 aliphatic rings. The van der Waals surface area contributed by atoms with E-state index < -0.39 is 0 Å². The van der Waals surface area contributed by atoms with Crippen LogP contribution in [0.1, 0.15) is 46.5 Å². The Morgan fingerprint density at radius 3 is 2.67 bits per heavy atom. The highest BCUT2D eigenvalue weighted by Crippen LogP contribution is 2.23. The fraction of sp³-hybridized carbons (Fsp3) is 0.929. The van der Waals surface area contributed by atoms with E-state index in [1.165, 1.54) is 0 Å². The van der Waals surface area contributed by atoms with E-state index in [-0.39, 0.29) is 17.4 Å². The van der Waals surface area contributed by atoms with Crippen LogP contribution in [0.4, 0.5) is 0 Å². The summed E-state index contributed by atoms with van der Waals surface area (Å²) in [4.78, 5) is 2.44. The first kappa shape index (κ1) is 15.4. The first-order valence-corrected chi connectivity index (χ1v) is 7.08. The molecule has 4 N–H and O–H groups in total. The Labute approximate surface area is 111 Å². The Morgan fingerprint density at radius 1 is 1.44 bits per heavy atom. The van der Waals surface area contributed by atoms with Crippen molar-refractivity contribution in [3.05, 3.63) is 0 Å². The van der Waals surface area contributed by atoms with Crippen molar-refractivity contribution in [3.8, 4) is 0 Å². The standard InChI is InChI=1S/C14H29N3O/c1-11-10-17(9-6-12(11)18)8-5-4-7-14(2,3)13(15)16/h11-12,18H,4-10H2,1-3H3,(H3,15,16). The van der Waals surface area contributed by atoms with E-state index in [1.807, 2.05) is 13.8 Å². The zero-order chi connectivity index (χ0) is 13.8. The van der Waals surface area contributed by atoms with Gasteiger partial charge in [-0.1, -0.05) is 27.2 Å². The molecule has 2 atom stereocenters. The van der Waals surface area contributed by atoms with Crippen LogP contribution in [-0.2, 0) is 0 Å². The van der Waals surface area contributed by atoms with E-state index in [0.717, 1.165) is 45.3 Å². The highest BCUT2D eigenvalue weighted by atomic mass is 16.3. The topological polar surface area (TPSA) is 73.3 Å². The zero-order valence-electron chi connectivity index (χ0n) is 12.1. The molecule has 0 aromatic heterocycles. The van der Waals surface area contributed by atoms with Crippen LogP contribution < -0.4 is 5.73 Å². The third kappa shape index (κ3) is 4.58. The maximum atomic E-state index is 9.67. The second-order valence-corrected chi connectivity index (χ2v) is 6.39. The fourth-order valence-electron chi connectivity index (χ4n) is 2.46. The van der Waals surface area contributed by atoms with Crippen molar-refractivity contribution in [2.45, 2.75) is 52.6 Å². The molecular formula is C14H29N3O. The van der Waals surface area contributed by atoms with Crippen LogP contribution in [0.3, 0.4) is 0 Å². The summed E-state index contributed by atoms with van der Waals surface area (Å²) < 4.78 is 0. The molecule has 18 heavy (non-hydrogen) atoms. The van der Waals surface area contributed by atoms with Crippen molar-refractivity contribution < 1.29 is 5.11 Å². The summed E-state index contributed by atoms with van der Waals surface area (Å²) in [5, 5.41) is 17.2. The predicted octanol–water partition coefficient (Wildman–Crippen LogP) is 1.82. The third-order valence-electron chi connectivity index (χ3n) is 4.20. The van der Waals surface area contributed by atoms with Crippen LogP contribution in [0.15, 0.2) is 0 Å². The summed E-state index contributed by atoms with van der Waals surface area (Å²) in [5.41, 5.74) is 5.41. The first-order chi connectivity index (χ1) is 8.33. The van der Waals surface area contributed by atoms with Gasteiger partial charge in [0.2, 0.25) is 0 Å². The summed E-state index contributed by atoms with van der Waals surface area (Å²) >= 11 is 0. The number of aliphatic hydroxyl groups excluding tert-OH is 1. The van der Waals surface area contributed by atoms with Gasteiger partial charge in [-0.3, -0.25) is 5.41 Å².